The van der Waals surface area contributed by atoms with Crippen molar-refractivity contribution in [3.8, 4) is 5.75 Å². The summed E-state index contributed by atoms with van der Waals surface area (Å²) in [6.07, 6.45) is 1.64. The minimum absolute atomic E-state index is 0.0181. The predicted octanol–water partition coefficient (Wildman–Crippen LogP) is 3.83. The van der Waals surface area contributed by atoms with Crippen molar-refractivity contribution in [2.75, 3.05) is 11.9 Å². The van der Waals surface area contributed by atoms with Crippen LogP contribution in [0.4, 0.5) is 5.69 Å². The fourth-order valence-corrected chi connectivity index (χ4v) is 3.49. The fraction of sp³-hybridized carbons (Fsp3) is 0.273. The third-order valence-corrected chi connectivity index (χ3v) is 5.19. The number of carbonyl (C=O) groups is 2. The molecule has 8 heteroatoms. The topological polar surface area (TPSA) is 93.2 Å². The molecule has 156 valence electrons. The first kappa shape index (κ1) is 21.4. The Bertz CT molecular complexity index is 958. The van der Waals surface area contributed by atoms with Crippen LogP contribution in [0.5, 0.6) is 5.75 Å². The first-order valence-corrected chi connectivity index (χ1v) is 10.6. The molecule has 3 rings (SSSR count). The van der Waals surface area contributed by atoms with Gasteiger partial charge < -0.3 is 15.4 Å². The first-order valence-electron chi connectivity index (χ1n) is 9.81. The van der Waals surface area contributed by atoms with Gasteiger partial charge in [0.25, 0.3) is 5.91 Å². The van der Waals surface area contributed by atoms with E-state index in [2.05, 4.69) is 20.8 Å². The van der Waals surface area contributed by atoms with Crippen molar-refractivity contribution in [1.29, 1.82) is 0 Å². The van der Waals surface area contributed by atoms with Crippen LogP contribution < -0.4 is 15.4 Å². The lowest BCUT2D eigenvalue weighted by Gasteiger charge is -2.07. The SMILES string of the molecule is CCOc1ccc(CNC(=O)CCCc2nnc(C(=O)Nc3ccccc3)s2)cc1. The van der Waals surface area contributed by atoms with Crippen LogP contribution in [0.1, 0.15) is 40.1 Å². The van der Waals surface area contributed by atoms with Gasteiger partial charge in [0.1, 0.15) is 10.8 Å². The van der Waals surface area contributed by atoms with Crippen molar-refractivity contribution in [2.24, 2.45) is 0 Å². The Morgan fingerprint density at radius 2 is 1.80 bits per heavy atom. The Morgan fingerprint density at radius 3 is 2.53 bits per heavy atom. The van der Waals surface area contributed by atoms with Crippen molar-refractivity contribution in [1.82, 2.24) is 15.5 Å². The average molecular weight is 425 g/mol. The van der Waals surface area contributed by atoms with Gasteiger partial charge in [-0.25, -0.2) is 0 Å². The number of benzene rings is 2. The number of aromatic nitrogens is 2. The highest BCUT2D eigenvalue weighted by atomic mass is 32.1. The van der Waals surface area contributed by atoms with Gasteiger partial charge in [0, 0.05) is 25.1 Å². The standard InChI is InChI=1S/C22H24N4O3S/c1-2-29-18-13-11-16(12-14-18)15-23-19(27)9-6-10-20-25-26-22(30-20)21(28)24-17-7-4-3-5-8-17/h3-5,7-8,11-14H,2,6,9-10,15H2,1H3,(H,23,27)(H,24,28). The van der Waals surface area contributed by atoms with Crippen LogP contribution in [-0.4, -0.2) is 28.6 Å². The van der Waals surface area contributed by atoms with Crippen LogP contribution in [0.15, 0.2) is 54.6 Å². The Balaban J connectivity index is 1.37. The molecule has 3 aromatic rings. The zero-order valence-corrected chi connectivity index (χ0v) is 17.6. The van der Waals surface area contributed by atoms with Gasteiger partial charge in [-0.05, 0) is 43.2 Å². The van der Waals surface area contributed by atoms with Crippen LogP contribution in [0.2, 0.25) is 0 Å². The van der Waals surface area contributed by atoms with Crippen molar-refractivity contribution >= 4 is 28.8 Å². The van der Waals surface area contributed by atoms with E-state index < -0.39 is 0 Å². The molecule has 2 aromatic carbocycles. The quantitative estimate of drug-likeness (QED) is 0.516. The zero-order chi connectivity index (χ0) is 21.2. The number of hydrogen-bond acceptors (Lipinski definition) is 6. The largest absolute Gasteiger partial charge is 0.494 e. The number of amides is 2. The molecule has 1 heterocycles. The van der Waals surface area contributed by atoms with Gasteiger partial charge in [0.2, 0.25) is 10.9 Å². The summed E-state index contributed by atoms with van der Waals surface area (Å²) >= 11 is 1.25. The Morgan fingerprint density at radius 1 is 1.03 bits per heavy atom. The summed E-state index contributed by atoms with van der Waals surface area (Å²) in [7, 11) is 0. The molecule has 0 aliphatic heterocycles. The molecule has 2 N–H and O–H groups in total. The van der Waals surface area contributed by atoms with Gasteiger partial charge in [0.05, 0.1) is 6.61 Å². The molecule has 0 aliphatic rings. The summed E-state index contributed by atoms with van der Waals surface area (Å²) in [5, 5.41) is 14.8. The maximum atomic E-state index is 12.2. The van der Waals surface area contributed by atoms with Gasteiger partial charge in [-0.2, -0.15) is 0 Å². The molecule has 0 atom stereocenters. The Kier molecular flexibility index (Phi) is 7.91. The number of nitrogens with zero attached hydrogens (tertiary/aromatic N) is 2. The minimum Gasteiger partial charge on any atom is -0.494 e. The van der Waals surface area contributed by atoms with E-state index in [9.17, 15) is 9.59 Å². The van der Waals surface area contributed by atoms with Gasteiger partial charge in [-0.1, -0.05) is 41.7 Å². The molecule has 30 heavy (non-hydrogen) atoms. The van der Waals surface area contributed by atoms with Crippen molar-refractivity contribution in [2.45, 2.75) is 32.7 Å². The molecule has 2 amide bonds. The lowest BCUT2D eigenvalue weighted by Crippen LogP contribution is -2.22. The highest BCUT2D eigenvalue weighted by Crippen LogP contribution is 2.15. The van der Waals surface area contributed by atoms with E-state index in [1.807, 2.05) is 61.5 Å². The molecule has 0 spiro atoms. The van der Waals surface area contributed by atoms with E-state index in [1.165, 1.54) is 11.3 Å². The molecule has 0 fully saturated rings. The van der Waals surface area contributed by atoms with E-state index in [0.717, 1.165) is 16.3 Å². The molecule has 0 unspecified atom stereocenters. The Hall–Kier alpha value is -3.26. The maximum absolute atomic E-state index is 12.2. The second-order valence-corrected chi connectivity index (χ2v) is 7.59. The summed E-state index contributed by atoms with van der Waals surface area (Å²) in [5.74, 6) is 0.523. The van der Waals surface area contributed by atoms with E-state index in [-0.39, 0.29) is 11.8 Å². The van der Waals surface area contributed by atoms with Crippen LogP contribution in [0, 0.1) is 0 Å². The average Bonchev–Trinajstić information content (AvgIpc) is 3.23. The summed E-state index contributed by atoms with van der Waals surface area (Å²) in [6.45, 7) is 3.05. The summed E-state index contributed by atoms with van der Waals surface area (Å²) in [4.78, 5) is 24.3. The third-order valence-electron chi connectivity index (χ3n) is 4.21. The lowest BCUT2D eigenvalue weighted by atomic mass is 10.2. The highest BCUT2D eigenvalue weighted by Gasteiger charge is 2.13. The predicted molar refractivity (Wildman–Crippen MR) is 117 cm³/mol. The smallest absolute Gasteiger partial charge is 0.286 e. The molecule has 0 aliphatic carbocycles. The molecule has 0 saturated carbocycles. The number of ether oxygens (including phenoxy) is 1. The Labute approximate surface area is 179 Å². The normalized spacial score (nSPS) is 10.4. The van der Waals surface area contributed by atoms with E-state index in [1.54, 1.807) is 0 Å². The first-order chi connectivity index (χ1) is 14.6. The zero-order valence-electron chi connectivity index (χ0n) is 16.8. The number of hydrogen-bond donors (Lipinski definition) is 2. The molecule has 0 saturated heterocycles. The molecular weight excluding hydrogens is 400 g/mol. The van der Waals surface area contributed by atoms with Crippen molar-refractivity contribution < 1.29 is 14.3 Å². The number of rotatable bonds is 10. The molecule has 1 aromatic heterocycles. The number of anilines is 1. The minimum atomic E-state index is -0.280. The van der Waals surface area contributed by atoms with Gasteiger partial charge in [-0.15, -0.1) is 10.2 Å². The molecular formula is C22H24N4O3S. The second-order valence-electron chi connectivity index (χ2n) is 6.53. The summed E-state index contributed by atoms with van der Waals surface area (Å²) < 4.78 is 5.41. The second kappa shape index (κ2) is 11.1. The number of para-hydroxylation sites is 1. The summed E-state index contributed by atoms with van der Waals surface area (Å²) in [6, 6.07) is 16.9. The third kappa shape index (κ3) is 6.66. The summed E-state index contributed by atoms with van der Waals surface area (Å²) in [5.41, 5.74) is 1.73. The monoisotopic (exact) mass is 424 g/mol. The van der Waals surface area contributed by atoms with E-state index in [4.69, 9.17) is 4.74 Å². The van der Waals surface area contributed by atoms with Crippen molar-refractivity contribution in [3.63, 3.8) is 0 Å². The number of nitrogens with one attached hydrogen (secondary N) is 2. The van der Waals surface area contributed by atoms with Crippen LogP contribution in [-0.2, 0) is 17.8 Å². The molecule has 7 nitrogen and oxygen atoms in total. The van der Waals surface area contributed by atoms with Gasteiger partial charge in [0.15, 0.2) is 0 Å². The van der Waals surface area contributed by atoms with Crippen molar-refractivity contribution in [3.05, 3.63) is 70.2 Å². The van der Waals surface area contributed by atoms with Gasteiger partial charge >= 0.3 is 0 Å². The van der Waals surface area contributed by atoms with E-state index in [0.29, 0.717) is 43.1 Å². The fourth-order valence-electron chi connectivity index (χ4n) is 2.71. The van der Waals surface area contributed by atoms with Gasteiger partial charge in [-0.3, -0.25) is 9.59 Å². The van der Waals surface area contributed by atoms with E-state index >= 15 is 0 Å². The number of aryl methyl sites for hydroxylation is 1. The van der Waals surface area contributed by atoms with Crippen LogP contribution >= 0.6 is 11.3 Å². The molecule has 0 bridgehead atoms. The maximum Gasteiger partial charge on any atom is 0.286 e. The molecule has 0 radical (unpaired) electrons. The van der Waals surface area contributed by atoms with Crippen LogP contribution in [0.25, 0.3) is 0 Å². The van der Waals surface area contributed by atoms with Crippen LogP contribution in [0.3, 0.4) is 0 Å². The number of carbonyl (C=O) groups excluding carboxylic acids is 2. The highest BCUT2D eigenvalue weighted by molar-refractivity contribution is 7.13. The lowest BCUT2D eigenvalue weighted by molar-refractivity contribution is -0.121.